The molecule has 1 aromatic carbocycles. The number of nitrogens with zero attached hydrogens (tertiary/aromatic N) is 1. The van der Waals surface area contributed by atoms with Crippen LogP contribution in [-0.2, 0) is 19.6 Å². The Balaban J connectivity index is 2.98. The molecule has 1 aromatic rings. The topological polar surface area (TPSA) is 89.7 Å². The van der Waals surface area contributed by atoms with E-state index in [1.807, 2.05) is 0 Å². The molecule has 1 rings (SSSR count). The van der Waals surface area contributed by atoms with Gasteiger partial charge in [0.25, 0.3) is 0 Å². The van der Waals surface area contributed by atoms with Gasteiger partial charge in [-0.3, -0.25) is 4.79 Å². The summed E-state index contributed by atoms with van der Waals surface area (Å²) in [5.41, 5.74) is 5.78. The van der Waals surface area contributed by atoms with E-state index in [0.717, 1.165) is 4.31 Å². The van der Waals surface area contributed by atoms with Crippen LogP contribution < -0.4 is 5.73 Å². The Morgan fingerprint density at radius 1 is 1.50 bits per heavy atom. The molecule has 20 heavy (non-hydrogen) atoms. The lowest BCUT2D eigenvalue weighted by molar-refractivity contribution is -0.144. The Kier molecular flexibility index (Phi) is 5.38. The average Bonchev–Trinajstić information content (AvgIpc) is 2.40. The summed E-state index contributed by atoms with van der Waals surface area (Å²) in [5.74, 6) is -1.04. The van der Waals surface area contributed by atoms with Crippen LogP contribution in [0, 0.1) is 5.92 Å². The lowest BCUT2D eigenvalue weighted by Gasteiger charge is -2.20. The molecule has 112 valence electrons. The minimum atomic E-state index is -3.73. The summed E-state index contributed by atoms with van der Waals surface area (Å²) in [5, 5.41) is 0.287. The number of hydrogen-bond donors (Lipinski definition) is 1. The highest BCUT2D eigenvalue weighted by atomic mass is 35.5. The maximum atomic E-state index is 12.3. The number of halogens is 1. The second-order valence-electron chi connectivity index (χ2n) is 4.39. The summed E-state index contributed by atoms with van der Waals surface area (Å²) in [6.07, 6.45) is 0. The molecule has 8 heteroatoms. The SMILES string of the molecule is COC(=O)C(C)CN(C)S(=O)(=O)c1ccc(Cl)c(N)c1. The highest BCUT2D eigenvalue weighted by molar-refractivity contribution is 7.89. The predicted octanol–water partition coefficient (Wildman–Crippen LogP) is 1.35. The van der Waals surface area contributed by atoms with E-state index in [4.69, 9.17) is 17.3 Å². The number of ether oxygens (including phenoxy) is 1. The van der Waals surface area contributed by atoms with Crippen molar-refractivity contribution in [3.8, 4) is 0 Å². The van der Waals surface area contributed by atoms with E-state index >= 15 is 0 Å². The Bertz CT molecular complexity index is 603. The normalized spacial score (nSPS) is 13.2. The van der Waals surface area contributed by atoms with E-state index in [-0.39, 0.29) is 22.2 Å². The highest BCUT2D eigenvalue weighted by Gasteiger charge is 2.25. The molecule has 0 aliphatic carbocycles. The third-order valence-electron chi connectivity index (χ3n) is 2.81. The fourth-order valence-electron chi connectivity index (χ4n) is 1.62. The molecule has 0 spiro atoms. The van der Waals surface area contributed by atoms with Gasteiger partial charge in [-0.05, 0) is 18.2 Å². The van der Waals surface area contributed by atoms with Crippen molar-refractivity contribution in [3.63, 3.8) is 0 Å². The molecular weight excluding hydrogens is 304 g/mol. The fraction of sp³-hybridized carbons (Fsp3) is 0.417. The molecule has 6 nitrogen and oxygen atoms in total. The molecular formula is C12H17ClN2O4S. The second-order valence-corrected chi connectivity index (χ2v) is 6.85. The zero-order valence-corrected chi connectivity index (χ0v) is 13.0. The van der Waals surface area contributed by atoms with Gasteiger partial charge in [-0.1, -0.05) is 18.5 Å². The van der Waals surface area contributed by atoms with E-state index in [1.165, 1.54) is 32.4 Å². The van der Waals surface area contributed by atoms with Gasteiger partial charge in [0.05, 0.1) is 28.6 Å². The number of carbonyl (C=O) groups excluding carboxylic acids is 1. The van der Waals surface area contributed by atoms with Gasteiger partial charge in [-0.2, -0.15) is 0 Å². The van der Waals surface area contributed by atoms with Gasteiger partial charge in [0, 0.05) is 13.6 Å². The summed E-state index contributed by atoms with van der Waals surface area (Å²) in [6.45, 7) is 1.60. The molecule has 1 atom stereocenters. The number of anilines is 1. The summed E-state index contributed by atoms with van der Waals surface area (Å²) in [4.78, 5) is 11.4. The van der Waals surface area contributed by atoms with Crippen LogP contribution >= 0.6 is 11.6 Å². The molecule has 0 saturated carbocycles. The van der Waals surface area contributed by atoms with Crippen molar-refractivity contribution in [3.05, 3.63) is 23.2 Å². The minimum absolute atomic E-state index is 0.0114. The molecule has 0 saturated heterocycles. The maximum absolute atomic E-state index is 12.3. The highest BCUT2D eigenvalue weighted by Crippen LogP contribution is 2.24. The maximum Gasteiger partial charge on any atom is 0.309 e. The number of esters is 1. The van der Waals surface area contributed by atoms with E-state index in [2.05, 4.69) is 4.74 Å². The lowest BCUT2D eigenvalue weighted by Crippen LogP contribution is -2.34. The van der Waals surface area contributed by atoms with E-state index in [1.54, 1.807) is 6.92 Å². The van der Waals surface area contributed by atoms with Crippen LogP contribution in [-0.4, -0.2) is 39.4 Å². The fourth-order valence-corrected chi connectivity index (χ4v) is 3.03. The summed E-state index contributed by atoms with van der Waals surface area (Å²) in [6, 6.07) is 4.08. The van der Waals surface area contributed by atoms with E-state index in [0.29, 0.717) is 0 Å². The largest absolute Gasteiger partial charge is 0.469 e. The first-order valence-electron chi connectivity index (χ1n) is 5.79. The molecule has 0 heterocycles. The summed E-state index contributed by atoms with van der Waals surface area (Å²) < 4.78 is 30.3. The number of nitrogen functional groups attached to an aromatic ring is 1. The zero-order chi connectivity index (χ0) is 15.5. The van der Waals surface area contributed by atoms with Crippen LogP contribution in [0.4, 0.5) is 5.69 Å². The number of sulfonamides is 1. The van der Waals surface area contributed by atoms with Crippen LogP contribution in [0.1, 0.15) is 6.92 Å². The van der Waals surface area contributed by atoms with E-state index < -0.39 is 21.9 Å². The number of hydrogen-bond acceptors (Lipinski definition) is 5. The van der Waals surface area contributed by atoms with Gasteiger partial charge >= 0.3 is 5.97 Å². The van der Waals surface area contributed by atoms with Crippen molar-refractivity contribution in [2.75, 3.05) is 26.4 Å². The van der Waals surface area contributed by atoms with Crippen molar-refractivity contribution < 1.29 is 17.9 Å². The monoisotopic (exact) mass is 320 g/mol. The van der Waals surface area contributed by atoms with Crippen LogP contribution in [0.25, 0.3) is 0 Å². The minimum Gasteiger partial charge on any atom is -0.469 e. The van der Waals surface area contributed by atoms with Gasteiger partial charge in [-0.25, -0.2) is 12.7 Å². The smallest absolute Gasteiger partial charge is 0.309 e. The first-order chi connectivity index (χ1) is 9.20. The molecule has 0 fully saturated rings. The summed E-state index contributed by atoms with van der Waals surface area (Å²) in [7, 11) is -1.08. The number of benzene rings is 1. The van der Waals surface area contributed by atoms with E-state index in [9.17, 15) is 13.2 Å². The molecule has 0 aliphatic rings. The van der Waals surface area contributed by atoms with Crippen molar-refractivity contribution >= 4 is 33.3 Å². The van der Waals surface area contributed by atoms with Crippen LogP contribution in [0.15, 0.2) is 23.1 Å². The van der Waals surface area contributed by atoms with Crippen molar-refractivity contribution in [1.29, 1.82) is 0 Å². The number of nitrogens with two attached hydrogens (primary N) is 1. The van der Waals surface area contributed by atoms with Gasteiger partial charge in [0.1, 0.15) is 0 Å². The number of rotatable bonds is 5. The van der Waals surface area contributed by atoms with Crippen molar-refractivity contribution in [2.45, 2.75) is 11.8 Å². The Labute approximate surface area is 123 Å². The number of carbonyl (C=O) groups is 1. The molecule has 1 unspecified atom stereocenters. The van der Waals surface area contributed by atoms with Gasteiger partial charge in [-0.15, -0.1) is 0 Å². The first kappa shape index (κ1) is 16.7. The third kappa shape index (κ3) is 3.62. The van der Waals surface area contributed by atoms with Gasteiger partial charge < -0.3 is 10.5 Å². The predicted molar refractivity (Wildman–Crippen MR) is 76.9 cm³/mol. The Hall–Kier alpha value is -1.31. The Morgan fingerprint density at radius 3 is 2.60 bits per heavy atom. The van der Waals surface area contributed by atoms with Gasteiger partial charge in [0.2, 0.25) is 10.0 Å². The zero-order valence-electron chi connectivity index (χ0n) is 11.5. The molecule has 0 aromatic heterocycles. The summed E-state index contributed by atoms with van der Waals surface area (Å²) >= 11 is 5.76. The van der Waals surface area contributed by atoms with Gasteiger partial charge in [0.15, 0.2) is 0 Å². The molecule has 0 bridgehead atoms. The molecule has 2 N–H and O–H groups in total. The molecule has 0 radical (unpaired) electrons. The molecule has 0 aliphatic heterocycles. The average molecular weight is 321 g/mol. The Morgan fingerprint density at radius 2 is 2.10 bits per heavy atom. The van der Waals surface area contributed by atoms with Crippen molar-refractivity contribution in [1.82, 2.24) is 4.31 Å². The van der Waals surface area contributed by atoms with Crippen LogP contribution in [0.3, 0.4) is 0 Å². The van der Waals surface area contributed by atoms with Crippen LogP contribution in [0.5, 0.6) is 0 Å². The quantitative estimate of drug-likeness (QED) is 0.653. The van der Waals surface area contributed by atoms with Crippen molar-refractivity contribution in [2.24, 2.45) is 5.92 Å². The second kappa shape index (κ2) is 6.43. The lowest BCUT2D eigenvalue weighted by atomic mass is 10.2. The standard InChI is InChI=1S/C12H17ClN2O4S/c1-8(12(16)19-3)7-15(2)20(17,18)9-4-5-10(13)11(14)6-9/h4-6,8H,7,14H2,1-3H3. The third-order valence-corrected chi connectivity index (χ3v) is 4.97. The first-order valence-corrected chi connectivity index (χ1v) is 7.61. The number of methoxy groups -OCH3 is 1. The van der Waals surface area contributed by atoms with Crippen LogP contribution in [0.2, 0.25) is 5.02 Å². The molecule has 0 amide bonds.